The molecule has 0 spiro atoms. The lowest BCUT2D eigenvalue weighted by Crippen LogP contribution is -2.35. The van der Waals surface area contributed by atoms with Crippen LogP contribution in [-0.2, 0) is 4.79 Å². The number of carbonyl (C=O) groups excluding carboxylic acids is 2. The van der Waals surface area contributed by atoms with Gasteiger partial charge < -0.3 is 0 Å². The molecule has 2 bridgehead atoms. The van der Waals surface area contributed by atoms with Gasteiger partial charge in [0.25, 0.3) is 5.91 Å². The van der Waals surface area contributed by atoms with E-state index < -0.39 is 0 Å². The van der Waals surface area contributed by atoms with E-state index in [0.717, 1.165) is 10.8 Å². The molecular weight excluding hydrogens is 286 g/mol. The third-order valence-corrected chi connectivity index (χ3v) is 6.27. The molecule has 2 saturated carbocycles. The molecule has 3 nitrogen and oxygen atoms in total. The average molecular weight is 305 g/mol. The van der Waals surface area contributed by atoms with Crippen molar-refractivity contribution in [2.24, 2.45) is 23.7 Å². The molecule has 0 N–H and O–H groups in total. The summed E-state index contributed by atoms with van der Waals surface area (Å²) >= 11 is 0. The van der Waals surface area contributed by atoms with Gasteiger partial charge in [0, 0.05) is 18.0 Å². The maximum atomic E-state index is 12.9. The van der Waals surface area contributed by atoms with E-state index in [4.69, 9.17) is 0 Å². The number of imide groups is 1. The van der Waals surface area contributed by atoms with Crippen molar-refractivity contribution in [3.63, 3.8) is 0 Å². The minimum atomic E-state index is -0.116. The quantitative estimate of drug-likeness (QED) is 0.756. The van der Waals surface area contributed by atoms with Crippen LogP contribution in [0.2, 0.25) is 0 Å². The fraction of sp³-hybridized carbons (Fsp3) is 0.400. The zero-order valence-electron chi connectivity index (χ0n) is 12.9. The summed E-state index contributed by atoms with van der Waals surface area (Å²) in [5.41, 5.74) is 0.629. The zero-order chi connectivity index (χ0) is 15.6. The molecule has 4 atom stereocenters. The monoisotopic (exact) mass is 305 g/mol. The van der Waals surface area contributed by atoms with Crippen molar-refractivity contribution in [2.45, 2.75) is 19.3 Å². The molecule has 0 aromatic heterocycles. The van der Waals surface area contributed by atoms with Crippen molar-refractivity contribution in [1.82, 2.24) is 4.90 Å². The molecule has 116 valence electrons. The van der Waals surface area contributed by atoms with Gasteiger partial charge in [-0.1, -0.05) is 30.3 Å². The minimum Gasteiger partial charge on any atom is -0.278 e. The molecule has 3 aliphatic rings. The Morgan fingerprint density at radius 2 is 1.78 bits per heavy atom. The van der Waals surface area contributed by atoms with Gasteiger partial charge in [-0.15, -0.1) is 0 Å². The highest BCUT2D eigenvalue weighted by Crippen LogP contribution is 2.55. The second kappa shape index (κ2) is 4.67. The van der Waals surface area contributed by atoms with Crippen LogP contribution in [0, 0.1) is 23.7 Å². The van der Waals surface area contributed by atoms with Gasteiger partial charge in [0.15, 0.2) is 0 Å². The molecule has 2 aromatic rings. The van der Waals surface area contributed by atoms with E-state index in [-0.39, 0.29) is 17.7 Å². The summed E-state index contributed by atoms with van der Waals surface area (Å²) in [6.45, 7) is 0.635. The summed E-state index contributed by atoms with van der Waals surface area (Å²) in [5, 5.41) is 2.16. The summed E-state index contributed by atoms with van der Waals surface area (Å²) in [7, 11) is 0. The summed E-state index contributed by atoms with van der Waals surface area (Å²) in [6.07, 6.45) is 3.63. The molecule has 3 fully saturated rings. The number of carbonyl (C=O) groups is 2. The molecule has 1 heterocycles. The van der Waals surface area contributed by atoms with Gasteiger partial charge in [-0.3, -0.25) is 14.5 Å². The highest BCUT2D eigenvalue weighted by atomic mass is 16.2. The summed E-state index contributed by atoms with van der Waals surface area (Å²) < 4.78 is 0. The number of hydrogen-bond donors (Lipinski definition) is 0. The van der Waals surface area contributed by atoms with Crippen molar-refractivity contribution >= 4 is 22.6 Å². The SMILES string of the molecule is O=C(c1ccc2ccccc2c1)N1CC2C3CCC(C3)C2C1=O. The van der Waals surface area contributed by atoms with Gasteiger partial charge in [0.2, 0.25) is 5.91 Å². The molecule has 1 saturated heterocycles. The largest absolute Gasteiger partial charge is 0.278 e. The highest BCUT2D eigenvalue weighted by molar-refractivity contribution is 6.08. The highest BCUT2D eigenvalue weighted by Gasteiger charge is 2.57. The molecule has 4 unspecified atom stereocenters. The molecule has 5 rings (SSSR count). The number of rotatable bonds is 1. The van der Waals surface area contributed by atoms with Crippen LogP contribution in [0.4, 0.5) is 0 Å². The van der Waals surface area contributed by atoms with Crippen molar-refractivity contribution in [3.8, 4) is 0 Å². The van der Waals surface area contributed by atoms with Crippen molar-refractivity contribution in [2.75, 3.05) is 6.54 Å². The Morgan fingerprint density at radius 3 is 2.61 bits per heavy atom. The fourth-order valence-corrected chi connectivity index (χ4v) is 5.20. The number of fused-ring (bicyclic) bond motifs is 6. The second-order valence-corrected chi connectivity index (χ2v) is 7.34. The Balaban J connectivity index is 1.47. The molecular formula is C20H19NO2. The number of nitrogens with zero attached hydrogens (tertiary/aromatic N) is 1. The van der Waals surface area contributed by atoms with E-state index >= 15 is 0 Å². The summed E-state index contributed by atoms with van der Waals surface area (Å²) in [6, 6.07) is 13.7. The van der Waals surface area contributed by atoms with E-state index in [2.05, 4.69) is 0 Å². The number of benzene rings is 2. The lowest BCUT2D eigenvalue weighted by atomic mass is 9.81. The smallest absolute Gasteiger partial charge is 0.260 e. The first kappa shape index (κ1) is 13.3. The van der Waals surface area contributed by atoms with E-state index in [1.54, 1.807) is 0 Å². The molecule has 23 heavy (non-hydrogen) atoms. The second-order valence-electron chi connectivity index (χ2n) is 7.34. The van der Waals surface area contributed by atoms with Gasteiger partial charge in [0.05, 0.1) is 0 Å². The minimum absolute atomic E-state index is 0.0837. The van der Waals surface area contributed by atoms with Crippen molar-refractivity contribution in [3.05, 3.63) is 48.0 Å². The molecule has 2 aromatic carbocycles. The van der Waals surface area contributed by atoms with Crippen LogP contribution in [0.5, 0.6) is 0 Å². The van der Waals surface area contributed by atoms with Crippen LogP contribution >= 0.6 is 0 Å². The lowest BCUT2D eigenvalue weighted by Gasteiger charge is -2.20. The standard InChI is InChI=1S/C20H19NO2/c22-19(16-8-5-12-3-1-2-4-13(12)9-16)21-11-17-14-6-7-15(10-14)18(17)20(21)23/h1-5,8-9,14-15,17-18H,6-7,10-11H2. The van der Waals surface area contributed by atoms with Crippen LogP contribution in [0.1, 0.15) is 29.6 Å². The molecule has 2 amide bonds. The number of likely N-dealkylation sites (tertiary alicyclic amines) is 1. The van der Waals surface area contributed by atoms with Gasteiger partial charge in [-0.25, -0.2) is 0 Å². The van der Waals surface area contributed by atoms with Crippen LogP contribution in [0.3, 0.4) is 0 Å². The predicted molar refractivity (Wildman–Crippen MR) is 87.8 cm³/mol. The predicted octanol–water partition coefficient (Wildman–Crippen LogP) is 3.48. The van der Waals surface area contributed by atoms with E-state index in [1.807, 2.05) is 42.5 Å². The topological polar surface area (TPSA) is 37.4 Å². The van der Waals surface area contributed by atoms with Crippen molar-refractivity contribution in [1.29, 1.82) is 0 Å². The van der Waals surface area contributed by atoms with Crippen LogP contribution in [0.25, 0.3) is 10.8 Å². The van der Waals surface area contributed by atoms with Crippen LogP contribution < -0.4 is 0 Å². The van der Waals surface area contributed by atoms with Crippen molar-refractivity contribution < 1.29 is 9.59 Å². The Kier molecular flexibility index (Phi) is 2.70. The Morgan fingerprint density at radius 1 is 1.00 bits per heavy atom. The normalized spacial score (nSPS) is 31.8. The third-order valence-electron chi connectivity index (χ3n) is 6.27. The van der Waals surface area contributed by atoms with Gasteiger partial charge in [-0.2, -0.15) is 0 Å². The van der Waals surface area contributed by atoms with E-state index in [1.165, 1.54) is 24.2 Å². The fourth-order valence-electron chi connectivity index (χ4n) is 5.20. The maximum absolute atomic E-state index is 12.9. The Labute approximate surface area is 135 Å². The molecule has 3 heteroatoms. The average Bonchev–Trinajstić information content (AvgIpc) is 3.27. The number of amides is 2. The van der Waals surface area contributed by atoms with Crippen LogP contribution in [0.15, 0.2) is 42.5 Å². The first-order chi connectivity index (χ1) is 11.2. The molecule has 0 radical (unpaired) electrons. The van der Waals surface area contributed by atoms with E-state index in [0.29, 0.717) is 29.9 Å². The first-order valence-corrected chi connectivity index (χ1v) is 8.57. The van der Waals surface area contributed by atoms with E-state index in [9.17, 15) is 9.59 Å². The lowest BCUT2D eigenvalue weighted by molar-refractivity contribution is -0.130. The first-order valence-electron chi connectivity index (χ1n) is 8.57. The third kappa shape index (κ3) is 1.82. The Hall–Kier alpha value is -2.16. The summed E-state index contributed by atoms with van der Waals surface area (Å²) in [5.74, 6) is 1.72. The zero-order valence-corrected chi connectivity index (χ0v) is 12.9. The van der Waals surface area contributed by atoms with Gasteiger partial charge >= 0.3 is 0 Å². The van der Waals surface area contributed by atoms with Gasteiger partial charge in [-0.05, 0) is 59.9 Å². The number of hydrogen-bond acceptors (Lipinski definition) is 2. The Bertz CT molecular complexity index is 827. The van der Waals surface area contributed by atoms with Gasteiger partial charge in [0.1, 0.15) is 0 Å². The maximum Gasteiger partial charge on any atom is 0.260 e. The molecule has 2 aliphatic carbocycles. The molecule has 1 aliphatic heterocycles. The summed E-state index contributed by atoms with van der Waals surface area (Å²) in [4.78, 5) is 27.2. The van der Waals surface area contributed by atoms with Crippen LogP contribution in [-0.4, -0.2) is 23.3 Å².